The molecule has 3 N–H and O–H groups in total. The Morgan fingerprint density at radius 2 is 2.20 bits per heavy atom. The van der Waals surface area contributed by atoms with E-state index in [-0.39, 0.29) is 12.0 Å². The van der Waals surface area contributed by atoms with Gasteiger partial charge in [-0.05, 0) is 38.2 Å². The Labute approximate surface area is 123 Å². The molecule has 112 valence electrons. The SMILES string of the molecule is CC(C)Oc1c(N)nsc1NCCC(=O)N1CCCC1. The standard InChI is InChI=1S/C13H22N4O2S/c1-9(2)19-11-12(14)16-20-13(11)15-6-5-10(18)17-7-3-4-8-17/h9,15H,3-8H2,1-2H3,(H2,14,16). The number of nitrogens with two attached hydrogens (primary N) is 1. The number of ether oxygens (including phenoxy) is 1. The predicted molar refractivity (Wildman–Crippen MR) is 81.2 cm³/mol. The molecule has 1 saturated heterocycles. The van der Waals surface area contributed by atoms with E-state index in [1.54, 1.807) is 0 Å². The second-order valence-electron chi connectivity index (χ2n) is 5.16. The number of nitrogen functional groups attached to an aromatic ring is 1. The summed E-state index contributed by atoms with van der Waals surface area (Å²) in [5.41, 5.74) is 5.78. The Hall–Kier alpha value is -1.50. The van der Waals surface area contributed by atoms with Crippen LogP contribution in [-0.2, 0) is 4.79 Å². The van der Waals surface area contributed by atoms with Gasteiger partial charge in [-0.1, -0.05) is 0 Å². The Kier molecular flexibility index (Phi) is 5.05. The van der Waals surface area contributed by atoms with E-state index < -0.39 is 0 Å². The fraction of sp³-hybridized carbons (Fsp3) is 0.692. The third-order valence-electron chi connectivity index (χ3n) is 3.11. The van der Waals surface area contributed by atoms with E-state index in [0.29, 0.717) is 24.5 Å². The quantitative estimate of drug-likeness (QED) is 0.839. The lowest BCUT2D eigenvalue weighted by molar-refractivity contribution is -0.129. The van der Waals surface area contributed by atoms with E-state index in [4.69, 9.17) is 10.5 Å². The smallest absolute Gasteiger partial charge is 0.224 e. The molecule has 1 aliphatic rings. The highest BCUT2D eigenvalue weighted by atomic mass is 32.1. The molecule has 0 atom stereocenters. The molecule has 7 heteroatoms. The topological polar surface area (TPSA) is 80.5 Å². The number of hydrogen-bond acceptors (Lipinski definition) is 6. The number of nitrogens with one attached hydrogen (secondary N) is 1. The predicted octanol–water partition coefficient (Wildman–Crippen LogP) is 1.94. The van der Waals surface area contributed by atoms with Crippen LogP contribution in [0.5, 0.6) is 5.75 Å². The first-order valence-corrected chi connectivity index (χ1v) is 7.78. The molecule has 1 aromatic rings. The maximum Gasteiger partial charge on any atom is 0.224 e. The van der Waals surface area contributed by atoms with Crippen LogP contribution in [0.15, 0.2) is 0 Å². The van der Waals surface area contributed by atoms with Crippen LogP contribution in [0.3, 0.4) is 0 Å². The Bertz CT molecular complexity index is 455. The van der Waals surface area contributed by atoms with Crippen LogP contribution < -0.4 is 15.8 Å². The number of aromatic nitrogens is 1. The summed E-state index contributed by atoms with van der Waals surface area (Å²) >= 11 is 1.27. The van der Waals surface area contributed by atoms with Crippen LogP contribution >= 0.6 is 11.5 Å². The minimum Gasteiger partial charge on any atom is -0.484 e. The average molecular weight is 298 g/mol. The van der Waals surface area contributed by atoms with Crippen molar-refractivity contribution >= 4 is 28.3 Å². The van der Waals surface area contributed by atoms with Crippen LogP contribution in [0.4, 0.5) is 10.8 Å². The second-order valence-corrected chi connectivity index (χ2v) is 5.93. The van der Waals surface area contributed by atoms with E-state index in [1.807, 2.05) is 18.7 Å². The van der Waals surface area contributed by atoms with Gasteiger partial charge in [-0.15, -0.1) is 0 Å². The molecule has 0 radical (unpaired) electrons. The average Bonchev–Trinajstić information content (AvgIpc) is 3.02. The van der Waals surface area contributed by atoms with Crippen LogP contribution in [0.25, 0.3) is 0 Å². The maximum absolute atomic E-state index is 11.9. The van der Waals surface area contributed by atoms with Crippen molar-refractivity contribution in [3.05, 3.63) is 0 Å². The van der Waals surface area contributed by atoms with Gasteiger partial charge in [0.05, 0.1) is 6.10 Å². The molecule has 1 fully saturated rings. The number of hydrogen-bond donors (Lipinski definition) is 2. The van der Waals surface area contributed by atoms with Gasteiger partial charge < -0.3 is 20.7 Å². The number of nitrogens with zero attached hydrogens (tertiary/aromatic N) is 2. The minimum absolute atomic E-state index is 0.0421. The molecular weight excluding hydrogens is 276 g/mol. The Morgan fingerprint density at radius 1 is 1.50 bits per heavy atom. The molecular formula is C13H22N4O2S. The summed E-state index contributed by atoms with van der Waals surface area (Å²) in [4.78, 5) is 13.8. The van der Waals surface area contributed by atoms with Crippen LogP contribution in [0.2, 0.25) is 0 Å². The van der Waals surface area contributed by atoms with Crippen molar-refractivity contribution in [3.8, 4) is 5.75 Å². The first-order valence-electron chi connectivity index (χ1n) is 7.01. The molecule has 0 aliphatic carbocycles. The number of likely N-dealkylation sites (tertiary alicyclic amines) is 1. The third kappa shape index (κ3) is 3.75. The molecule has 6 nitrogen and oxygen atoms in total. The summed E-state index contributed by atoms with van der Waals surface area (Å²) in [7, 11) is 0. The normalized spacial score (nSPS) is 14.8. The van der Waals surface area contributed by atoms with Crippen molar-refractivity contribution in [2.24, 2.45) is 0 Å². The van der Waals surface area contributed by atoms with E-state index >= 15 is 0 Å². The highest BCUT2D eigenvalue weighted by Gasteiger charge is 2.18. The minimum atomic E-state index is 0.0421. The zero-order valence-corrected chi connectivity index (χ0v) is 12.8. The summed E-state index contributed by atoms with van der Waals surface area (Å²) in [6.07, 6.45) is 2.77. The van der Waals surface area contributed by atoms with Crippen LogP contribution in [-0.4, -0.2) is 40.9 Å². The summed E-state index contributed by atoms with van der Waals surface area (Å²) in [5, 5.41) is 3.99. The van der Waals surface area contributed by atoms with Crippen molar-refractivity contribution in [1.29, 1.82) is 0 Å². The van der Waals surface area contributed by atoms with E-state index in [2.05, 4.69) is 9.69 Å². The zero-order valence-electron chi connectivity index (χ0n) is 12.0. The van der Waals surface area contributed by atoms with Gasteiger partial charge in [0.25, 0.3) is 0 Å². The molecule has 2 rings (SSSR count). The summed E-state index contributed by atoms with van der Waals surface area (Å²) in [5.74, 6) is 1.20. The largest absolute Gasteiger partial charge is 0.484 e. The molecule has 0 aromatic carbocycles. The highest BCUT2D eigenvalue weighted by molar-refractivity contribution is 7.11. The van der Waals surface area contributed by atoms with Crippen molar-refractivity contribution < 1.29 is 9.53 Å². The molecule has 2 heterocycles. The molecule has 1 aromatic heterocycles. The van der Waals surface area contributed by atoms with Crippen LogP contribution in [0, 0.1) is 0 Å². The molecule has 0 saturated carbocycles. The number of carbonyl (C=O) groups is 1. The third-order valence-corrected chi connectivity index (χ3v) is 3.91. The van der Waals surface area contributed by atoms with Gasteiger partial charge in [0.2, 0.25) is 5.91 Å². The lowest BCUT2D eigenvalue weighted by atomic mass is 10.3. The Balaban J connectivity index is 1.83. The van der Waals surface area contributed by atoms with E-state index in [1.165, 1.54) is 11.5 Å². The lowest BCUT2D eigenvalue weighted by Gasteiger charge is -2.15. The number of amides is 1. The fourth-order valence-electron chi connectivity index (χ4n) is 2.16. The van der Waals surface area contributed by atoms with Gasteiger partial charge in [0.1, 0.15) is 0 Å². The summed E-state index contributed by atoms with van der Waals surface area (Å²) < 4.78 is 9.72. The van der Waals surface area contributed by atoms with Crippen molar-refractivity contribution in [2.75, 3.05) is 30.7 Å². The van der Waals surface area contributed by atoms with E-state index in [9.17, 15) is 4.79 Å². The molecule has 0 unspecified atom stereocenters. The molecule has 0 spiro atoms. The number of rotatable bonds is 6. The van der Waals surface area contributed by atoms with Crippen molar-refractivity contribution in [3.63, 3.8) is 0 Å². The van der Waals surface area contributed by atoms with Gasteiger partial charge in [0.15, 0.2) is 16.6 Å². The molecule has 1 amide bonds. The fourth-order valence-corrected chi connectivity index (χ4v) is 2.84. The molecule has 1 aliphatic heterocycles. The second kappa shape index (κ2) is 6.78. The van der Waals surface area contributed by atoms with Crippen LogP contribution in [0.1, 0.15) is 33.1 Å². The van der Waals surface area contributed by atoms with Gasteiger partial charge in [-0.2, -0.15) is 4.37 Å². The summed E-state index contributed by atoms with van der Waals surface area (Å²) in [6.45, 7) is 6.25. The zero-order chi connectivity index (χ0) is 14.5. The first kappa shape index (κ1) is 14.9. The van der Waals surface area contributed by atoms with E-state index in [0.717, 1.165) is 30.9 Å². The number of carbonyl (C=O) groups excluding carboxylic acids is 1. The maximum atomic E-state index is 11.9. The van der Waals surface area contributed by atoms with Gasteiger partial charge in [-0.3, -0.25) is 4.79 Å². The highest BCUT2D eigenvalue weighted by Crippen LogP contribution is 2.35. The molecule has 20 heavy (non-hydrogen) atoms. The van der Waals surface area contributed by atoms with Gasteiger partial charge >= 0.3 is 0 Å². The summed E-state index contributed by atoms with van der Waals surface area (Å²) in [6, 6.07) is 0. The number of anilines is 2. The monoisotopic (exact) mass is 298 g/mol. The van der Waals surface area contributed by atoms with Gasteiger partial charge in [-0.25, -0.2) is 0 Å². The van der Waals surface area contributed by atoms with Crippen molar-refractivity contribution in [2.45, 2.75) is 39.2 Å². The molecule has 0 bridgehead atoms. The van der Waals surface area contributed by atoms with Crippen molar-refractivity contribution in [1.82, 2.24) is 9.27 Å². The Morgan fingerprint density at radius 3 is 2.85 bits per heavy atom. The first-order chi connectivity index (χ1) is 9.58. The van der Waals surface area contributed by atoms with Gasteiger partial charge in [0, 0.05) is 26.1 Å². The lowest BCUT2D eigenvalue weighted by Crippen LogP contribution is -2.29.